The summed E-state index contributed by atoms with van der Waals surface area (Å²) in [5.74, 6) is 0.494. The van der Waals surface area contributed by atoms with E-state index in [1.807, 2.05) is 0 Å². The molecule has 0 unspecified atom stereocenters. The summed E-state index contributed by atoms with van der Waals surface area (Å²) in [6, 6.07) is 2.28. The van der Waals surface area contributed by atoms with Crippen LogP contribution in [0.5, 0.6) is 0 Å². The van der Waals surface area contributed by atoms with Gasteiger partial charge in [-0.2, -0.15) is 5.26 Å². The molecular weight excluding hydrogens is 206 g/mol. The molecule has 0 amide bonds. The SMILES string of the molecule is C[C@@]12CC[C@H]3C[C@@]1(C#N)N([N+](=O)[O-])C[C@@]32C. The first-order chi connectivity index (χ1) is 7.41. The molecular formula is C11H15N3O2. The van der Waals surface area contributed by atoms with E-state index < -0.39 is 5.54 Å². The molecule has 0 N–H and O–H groups in total. The lowest BCUT2D eigenvalue weighted by Crippen LogP contribution is -2.54. The highest BCUT2D eigenvalue weighted by atomic mass is 16.7. The van der Waals surface area contributed by atoms with Crippen molar-refractivity contribution in [2.24, 2.45) is 16.7 Å². The van der Waals surface area contributed by atoms with Gasteiger partial charge in [0.15, 0.2) is 10.6 Å². The molecule has 2 saturated carbocycles. The molecule has 2 aliphatic carbocycles. The lowest BCUT2D eigenvalue weighted by molar-refractivity contribution is -0.671. The summed E-state index contributed by atoms with van der Waals surface area (Å²) in [5, 5.41) is 21.4. The van der Waals surface area contributed by atoms with Crippen molar-refractivity contribution in [3.8, 4) is 6.07 Å². The van der Waals surface area contributed by atoms with E-state index in [9.17, 15) is 15.4 Å². The number of piperidine rings is 1. The van der Waals surface area contributed by atoms with Crippen molar-refractivity contribution < 1.29 is 5.03 Å². The third-order valence-electron chi connectivity index (χ3n) is 5.91. The Morgan fingerprint density at radius 3 is 2.75 bits per heavy atom. The average molecular weight is 221 g/mol. The molecule has 4 atom stereocenters. The topological polar surface area (TPSA) is 70.2 Å². The van der Waals surface area contributed by atoms with Gasteiger partial charge in [-0.25, -0.2) is 10.1 Å². The van der Waals surface area contributed by atoms with E-state index in [1.54, 1.807) is 0 Å². The van der Waals surface area contributed by atoms with Crippen LogP contribution < -0.4 is 0 Å². The maximum Gasteiger partial charge on any atom is 0.192 e. The first-order valence-corrected chi connectivity index (χ1v) is 5.74. The molecule has 0 spiro atoms. The molecule has 4 bridgehead atoms. The largest absolute Gasteiger partial charge is 0.235 e. The molecule has 5 heteroatoms. The third kappa shape index (κ3) is 0.649. The number of nitrogens with zero attached hydrogens (tertiary/aromatic N) is 3. The molecule has 0 aromatic carbocycles. The number of nitriles is 1. The monoisotopic (exact) mass is 221 g/mol. The zero-order chi connectivity index (χ0) is 11.8. The second-order valence-corrected chi connectivity index (χ2v) is 5.96. The molecule has 0 aromatic heterocycles. The number of nitro groups is 1. The van der Waals surface area contributed by atoms with Crippen LogP contribution in [0, 0.1) is 38.2 Å². The lowest BCUT2D eigenvalue weighted by atomic mass is 9.66. The third-order valence-corrected chi connectivity index (χ3v) is 5.91. The minimum Gasteiger partial charge on any atom is -0.235 e. The Kier molecular flexibility index (Phi) is 1.45. The molecule has 5 nitrogen and oxygen atoms in total. The van der Waals surface area contributed by atoms with Gasteiger partial charge in [0.05, 0.1) is 12.6 Å². The van der Waals surface area contributed by atoms with Crippen molar-refractivity contribution in [3.05, 3.63) is 10.1 Å². The Balaban J connectivity index is 2.19. The lowest BCUT2D eigenvalue weighted by Gasteiger charge is -2.37. The second kappa shape index (κ2) is 2.34. The van der Waals surface area contributed by atoms with Crippen LogP contribution in [0.15, 0.2) is 0 Å². The van der Waals surface area contributed by atoms with Crippen LogP contribution in [0.2, 0.25) is 0 Å². The van der Waals surface area contributed by atoms with Crippen LogP contribution in [0.4, 0.5) is 0 Å². The summed E-state index contributed by atoms with van der Waals surface area (Å²) in [7, 11) is 0. The zero-order valence-electron chi connectivity index (χ0n) is 9.56. The van der Waals surface area contributed by atoms with E-state index in [1.165, 1.54) is 5.01 Å². The molecule has 3 aliphatic rings. The molecule has 1 saturated heterocycles. The van der Waals surface area contributed by atoms with Gasteiger partial charge in [0.2, 0.25) is 0 Å². The second-order valence-electron chi connectivity index (χ2n) is 5.96. The van der Waals surface area contributed by atoms with Gasteiger partial charge in [0.1, 0.15) is 0 Å². The first kappa shape index (κ1) is 9.88. The minimum absolute atomic E-state index is 0.0458. The number of rotatable bonds is 1. The van der Waals surface area contributed by atoms with Crippen molar-refractivity contribution in [3.63, 3.8) is 0 Å². The highest BCUT2D eigenvalue weighted by Gasteiger charge is 2.81. The summed E-state index contributed by atoms with van der Waals surface area (Å²) < 4.78 is 0. The summed E-state index contributed by atoms with van der Waals surface area (Å²) in [6.07, 6.45) is 2.76. The van der Waals surface area contributed by atoms with Gasteiger partial charge in [-0.3, -0.25) is 0 Å². The fourth-order valence-corrected chi connectivity index (χ4v) is 4.67. The highest BCUT2D eigenvalue weighted by Crippen LogP contribution is 2.75. The Hall–Kier alpha value is -1.31. The predicted octanol–water partition coefficient (Wildman–Crippen LogP) is 1.58. The normalized spacial score (nSPS) is 53.1. The van der Waals surface area contributed by atoms with Crippen molar-refractivity contribution in [2.45, 2.75) is 38.6 Å². The maximum absolute atomic E-state index is 11.1. The Bertz CT molecular complexity index is 431. The molecule has 1 aliphatic heterocycles. The van der Waals surface area contributed by atoms with E-state index in [4.69, 9.17) is 0 Å². The van der Waals surface area contributed by atoms with Gasteiger partial charge >= 0.3 is 0 Å². The van der Waals surface area contributed by atoms with Crippen LogP contribution in [0.25, 0.3) is 0 Å². The van der Waals surface area contributed by atoms with Crippen LogP contribution in [0.3, 0.4) is 0 Å². The quantitative estimate of drug-likeness (QED) is 0.498. The zero-order valence-corrected chi connectivity index (χ0v) is 9.56. The fourth-order valence-electron chi connectivity index (χ4n) is 4.67. The van der Waals surface area contributed by atoms with Crippen LogP contribution in [-0.2, 0) is 0 Å². The molecule has 1 heterocycles. The molecule has 3 rings (SSSR count). The van der Waals surface area contributed by atoms with E-state index in [-0.39, 0.29) is 15.9 Å². The van der Waals surface area contributed by atoms with Crippen molar-refractivity contribution in [2.75, 3.05) is 6.54 Å². The van der Waals surface area contributed by atoms with Gasteiger partial charge in [0.25, 0.3) is 0 Å². The van der Waals surface area contributed by atoms with Crippen LogP contribution in [0.1, 0.15) is 33.1 Å². The van der Waals surface area contributed by atoms with Gasteiger partial charge in [-0.15, -0.1) is 5.01 Å². The number of hydrogen-bond donors (Lipinski definition) is 0. The predicted molar refractivity (Wildman–Crippen MR) is 55.6 cm³/mol. The summed E-state index contributed by atoms with van der Waals surface area (Å²) in [5.41, 5.74) is -1.10. The van der Waals surface area contributed by atoms with Gasteiger partial charge in [-0.1, -0.05) is 13.8 Å². The van der Waals surface area contributed by atoms with Gasteiger partial charge < -0.3 is 0 Å². The van der Waals surface area contributed by atoms with E-state index in [0.717, 1.165) is 12.8 Å². The fraction of sp³-hybridized carbons (Fsp3) is 0.909. The molecule has 16 heavy (non-hydrogen) atoms. The Morgan fingerprint density at radius 2 is 2.25 bits per heavy atom. The van der Waals surface area contributed by atoms with Crippen LogP contribution >= 0.6 is 0 Å². The molecule has 0 radical (unpaired) electrons. The minimum atomic E-state index is -0.853. The molecule has 0 aromatic rings. The number of hydrogen-bond acceptors (Lipinski definition) is 3. The summed E-state index contributed by atoms with van der Waals surface area (Å²) >= 11 is 0. The van der Waals surface area contributed by atoms with Gasteiger partial charge in [0, 0.05) is 10.8 Å². The van der Waals surface area contributed by atoms with Gasteiger partial charge in [-0.05, 0) is 25.2 Å². The standard InChI is InChI=1S/C11H15N3O2/c1-9-7-13(14(15)16)11(6-12)5-8(9)3-4-10(9,11)2/h8H,3-5,7H2,1-2H3/t8-,9-,10-,11-/m0/s1. The van der Waals surface area contributed by atoms with Crippen molar-refractivity contribution in [1.82, 2.24) is 5.01 Å². The molecule has 86 valence electrons. The Morgan fingerprint density at radius 1 is 1.56 bits per heavy atom. The highest BCUT2D eigenvalue weighted by molar-refractivity contribution is 5.34. The van der Waals surface area contributed by atoms with Crippen LogP contribution in [-0.4, -0.2) is 22.1 Å². The van der Waals surface area contributed by atoms with E-state index in [0.29, 0.717) is 18.9 Å². The van der Waals surface area contributed by atoms with E-state index >= 15 is 0 Å². The van der Waals surface area contributed by atoms with Crippen molar-refractivity contribution in [1.29, 1.82) is 5.26 Å². The summed E-state index contributed by atoms with van der Waals surface area (Å²) in [4.78, 5) is 11.1. The maximum atomic E-state index is 11.1. The summed E-state index contributed by atoms with van der Waals surface area (Å²) in [6.45, 7) is 4.65. The average Bonchev–Trinajstić information content (AvgIpc) is 2.68. The van der Waals surface area contributed by atoms with Crippen molar-refractivity contribution >= 4 is 0 Å². The smallest absolute Gasteiger partial charge is 0.192 e. The first-order valence-electron chi connectivity index (χ1n) is 5.74. The number of hydrazine groups is 1. The Labute approximate surface area is 94.1 Å². The molecule has 3 fully saturated rings. The van der Waals surface area contributed by atoms with E-state index in [2.05, 4.69) is 19.9 Å².